The molecule has 1 heterocycles. The minimum Gasteiger partial charge on any atom is -0.481 e. The molecule has 0 aromatic carbocycles. The molecule has 0 spiro atoms. The summed E-state index contributed by atoms with van der Waals surface area (Å²) in [4.78, 5) is 13.7. The van der Waals surface area contributed by atoms with E-state index >= 15 is 0 Å². The molecule has 124 valence electrons. The molecular weight excluding hydrogens is 266 g/mol. The normalized spacial score (nSPS) is 23.6. The fourth-order valence-electron chi connectivity index (χ4n) is 3.29. The van der Waals surface area contributed by atoms with Crippen LogP contribution < -0.4 is 0 Å². The first-order chi connectivity index (χ1) is 10.1. The maximum atomic E-state index is 11.4. The van der Waals surface area contributed by atoms with E-state index in [0.717, 1.165) is 19.4 Å². The van der Waals surface area contributed by atoms with Gasteiger partial charge in [0.05, 0.1) is 19.1 Å². The Morgan fingerprint density at radius 1 is 1.19 bits per heavy atom. The molecule has 0 aromatic rings. The Morgan fingerprint density at radius 3 is 2.52 bits per heavy atom. The number of ether oxygens (including phenoxy) is 1. The molecule has 3 unspecified atom stereocenters. The first-order valence-corrected chi connectivity index (χ1v) is 8.68. The lowest BCUT2D eigenvalue weighted by Crippen LogP contribution is -2.48. The molecular formula is C17H33NO3. The lowest BCUT2D eigenvalue weighted by atomic mass is 9.98. The Balaban J connectivity index is 2.48. The third-order valence-corrected chi connectivity index (χ3v) is 4.57. The second-order valence-electron chi connectivity index (χ2n) is 6.34. The third kappa shape index (κ3) is 5.95. The van der Waals surface area contributed by atoms with Gasteiger partial charge in [-0.1, -0.05) is 46.0 Å². The number of aliphatic carboxylic acids is 1. The van der Waals surface area contributed by atoms with Gasteiger partial charge >= 0.3 is 5.97 Å². The number of unbranched alkanes of at least 4 members (excludes halogenated alkanes) is 4. The van der Waals surface area contributed by atoms with Crippen LogP contribution in [0.3, 0.4) is 0 Å². The summed E-state index contributed by atoms with van der Waals surface area (Å²) >= 11 is 0. The van der Waals surface area contributed by atoms with Crippen molar-refractivity contribution in [2.45, 2.75) is 77.8 Å². The van der Waals surface area contributed by atoms with Crippen molar-refractivity contribution in [3.05, 3.63) is 0 Å². The molecule has 0 saturated carbocycles. The van der Waals surface area contributed by atoms with Gasteiger partial charge in [-0.2, -0.15) is 0 Å². The van der Waals surface area contributed by atoms with Crippen molar-refractivity contribution in [2.24, 2.45) is 5.92 Å². The van der Waals surface area contributed by atoms with Crippen molar-refractivity contribution in [1.29, 1.82) is 0 Å². The summed E-state index contributed by atoms with van der Waals surface area (Å²) in [5, 5.41) is 9.35. The van der Waals surface area contributed by atoms with Gasteiger partial charge in [0, 0.05) is 12.1 Å². The number of carbonyl (C=O) groups is 1. The largest absolute Gasteiger partial charge is 0.481 e. The lowest BCUT2D eigenvalue weighted by molar-refractivity contribution is -0.143. The Morgan fingerprint density at radius 2 is 1.90 bits per heavy atom. The van der Waals surface area contributed by atoms with Crippen LogP contribution in [0.1, 0.15) is 65.7 Å². The summed E-state index contributed by atoms with van der Waals surface area (Å²) in [7, 11) is 0. The number of hydrogen-bond acceptors (Lipinski definition) is 3. The topological polar surface area (TPSA) is 49.8 Å². The Hall–Kier alpha value is -0.610. The predicted octanol–water partition coefficient (Wildman–Crippen LogP) is 3.55. The van der Waals surface area contributed by atoms with Crippen molar-refractivity contribution in [3.63, 3.8) is 0 Å². The number of carboxylic acids is 1. The van der Waals surface area contributed by atoms with E-state index in [9.17, 15) is 9.90 Å². The zero-order valence-electron chi connectivity index (χ0n) is 14.0. The SMILES string of the molecule is CCCCCCCC(C)N(CCC)C1COCC1C(=O)O. The van der Waals surface area contributed by atoms with Gasteiger partial charge in [-0.3, -0.25) is 9.69 Å². The van der Waals surface area contributed by atoms with E-state index in [1.165, 1.54) is 32.1 Å². The van der Waals surface area contributed by atoms with E-state index in [4.69, 9.17) is 4.74 Å². The molecule has 0 amide bonds. The monoisotopic (exact) mass is 299 g/mol. The molecule has 1 N–H and O–H groups in total. The molecule has 0 aromatic heterocycles. The van der Waals surface area contributed by atoms with Crippen LogP contribution in [0.25, 0.3) is 0 Å². The molecule has 4 nitrogen and oxygen atoms in total. The zero-order valence-corrected chi connectivity index (χ0v) is 14.0. The van der Waals surface area contributed by atoms with Gasteiger partial charge in [0.15, 0.2) is 0 Å². The van der Waals surface area contributed by atoms with E-state index in [1.54, 1.807) is 0 Å². The van der Waals surface area contributed by atoms with Crippen LogP contribution in [0.2, 0.25) is 0 Å². The van der Waals surface area contributed by atoms with Crippen molar-refractivity contribution in [1.82, 2.24) is 4.90 Å². The van der Waals surface area contributed by atoms with E-state index in [0.29, 0.717) is 19.3 Å². The second kappa shape index (κ2) is 10.2. The van der Waals surface area contributed by atoms with Gasteiger partial charge in [0.2, 0.25) is 0 Å². The van der Waals surface area contributed by atoms with Gasteiger partial charge < -0.3 is 9.84 Å². The number of nitrogens with zero attached hydrogens (tertiary/aromatic N) is 1. The lowest BCUT2D eigenvalue weighted by Gasteiger charge is -2.35. The van der Waals surface area contributed by atoms with E-state index in [1.807, 2.05) is 0 Å². The Kier molecular flexibility index (Phi) is 8.93. The van der Waals surface area contributed by atoms with Crippen LogP contribution in [0, 0.1) is 5.92 Å². The van der Waals surface area contributed by atoms with Crippen LogP contribution in [-0.2, 0) is 9.53 Å². The fraction of sp³-hybridized carbons (Fsp3) is 0.941. The van der Waals surface area contributed by atoms with Crippen LogP contribution in [0.4, 0.5) is 0 Å². The van der Waals surface area contributed by atoms with Gasteiger partial charge in [-0.25, -0.2) is 0 Å². The Bertz CT molecular complexity index is 296. The van der Waals surface area contributed by atoms with E-state index in [2.05, 4.69) is 25.7 Å². The van der Waals surface area contributed by atoms with Crippen LogP contribution in [-0.4, -0.2) is 47.8 Å². The van der Waals surface area contributed by atoms with Crippen molar-refractivity contribution >= 4 is 5.97 Å². The summed E-state index contributed by atoms with van der Waals surface area (Å²) in [6.07, 6.45) is 8.67. The molecule has 0 aliphatic carbocycles. The van der Waals surface area contributed by atoms with Crippen LogP contribution in [0.5, 0.6) is 0 Å². The smallest absolute Gasteiger partial charge is 0.310 e. The molecule has 21 heavy (non-hydrogen) atoms. The summed E-state index contributed by atoms with van der Waals surface area (Å²) < 4.78 is 5.44. The minimum atomic E-state index is -0.714. The van der Waals surface area contributed by atoms with Crippen LogP contribution in [0.15, 0.2) is 0 Å². The molecule has 4 heteroatoms. The third-order valence-electron chi connectivity index (χ3n) is 4.57. The van der Waals surface area contributed by atoms with Gasteiger partial charge in [0.1, 0.15) is 0 Å². The summed E-state index contributed by atoms with van der Waals surface area (Å²) in [5.74, 6) is -1.08. The summed E-state index contributed by atoms with van der Waals surface area (Å²) in [5.41, 5.74) is 0. The number of rotatable bonds is 11. The molecule has 1 aliphatic heterocycles. The molecule has 1 fully saturated rings. The number of carboxylic acid groups (broad SMARTS) is 1. The van der Waals surface area contributed by atoms with Crippen molar-refractivity contribution in [2.75, 3.05) is 19.8 Å². The molecule has 1 rings (SSSR count). The highest BCUT2D eigenvalue weighted by Crippen LogP contribution is 2.24. The average Bonchev–Trinajstić information content (AvgIpc) is 2.93. The van der Waals surface area contributed by atoms with E-state index < -0.39 is 5.97 Å². The highest BCUT2D eigenvalue weighted by atomic mass is 16.5. The molecule has 1 saturated heterocycles. The highest BCUT2D eigenvalue weighted by Gasteiger charge is 2.39. The Labute approximate surface area is 129 Å². The summed E-state index contributed by atoms with van der Waals surface area (Å²) in [6, 6.07) is 0.494. The van der Waals surface area contributed by atoms with Crippen molar-refractivity contribution in [3.8, 4) is 0 Å². The van der Waals surface area contributed by atoms with Gasteiger partial charge in [-0.15, -0.1) is 0 Å². The zero-order chi connectivity index (χ0) is 15.7. The first kappa shape index (κ1) is 18.4. The summed E-state index contributed by atoms with van der Waals surface area (Å²) in [6.45, 7) is 8.53. The first-order valence-electron chi connectivity index (χ1n) is 8.68. The minimum absolute atomic E-state index is 0.0492. The molecule has 0 bridgehead atoms. The maximum Gasteiger partial charge on any atom is 0.310 e. The molecule has 1 aliphatic rings. The average molecular weight is 299 g/mol. The van der Waals surface area contributed by atoms with E-state index in [-0.39, 0.29) is 12.0 Å². The quantitative estimate of drug-likeness (QED) is 0.593. The van der Waals surface area contributed by atoms with Crippen LogP contribution >= 0.6 is 0 Å². The second-order valence-corrected chi connectivity index (χ2v) is 6.34. The molecule has 3 atom stereocenters. The molecule has 0 radical (unpaired) electrons. The van der Waals surface area contributed by atoms with Gasteiger partial charge in [-0.05, 0) is 26.3 Å². The highest BCUT2D eigenvalue weighted by molar-refractivity contribution is 5.71. The fourth-order valence-corrected chi connectivity index (χ4v) is 3.29. The standard InChI is InChI=1S/C17H33NO3/c1-4-6-7-8-9-10-14(3)18(11-5-2)16-13-21-12-15(16)17(19)20/h14-16H,4-13H2,1-3H3,(H,19,20). The van der Waals surface area contributed by atoms with Crippen molar-refractivity contribution < 1.29 is 14.6 Å². The maximum absolute atomic E-state index is 11.4. The predicted molar refractivity (Wildman–Crippen MR) is 85.6 cm³/mol. The van der Waals surface area contributed by atoms with Gasteiger partial charge in [0.25, 0.3) is 0 Å². The number of hydrogen-bond donors (Lipinski definition) is 1.